The van der Waals surface area contributed by atoms with Gasteiger partial charge < -0.3 is 0 Å². The van der Waals surface area contributed by atoms with E-state index in [0.29, 0.717) is 11.1 Å². The molecule has 3 rings (SSSR count). The first-order valence-corrected chi connectivity index (χ1v) is 7.14. The number of hydrogen-bond acceptors (Lipinski definition) is 4. The molecule has 1 unspecified atom stereocenters. The number of hydrogen-bond donors (Lipinski definition) is 1. The van der Waals surface area contributed by atoms with Gasteiger partial charge in [0, 0.05) is 17.4 Å². The van der Waals surface area contributed by atoms with Crippen molar-refractivity contribution in [3.05, 3.63) is 35.5 Å². The van der Waals surface area contributed by atoms with Gasteiger partial charge in [-0.15, -0.1) is 0 Å². The second-order valence-corrected chi connectivity index (χ2v) is 6.27. The van der Waals surface area contributed by atoms with Crippen molar-refractivity contribution < 1.29 is 19.2 Å². The third-order valence-corrected chi connectivity index (χ3v) is 4.02. The number of likely N-dealkylation sites (tertiary alicyclic amines) is 1. The Morgan fingerprint density at radius 3 is 2.50 bits per heavy atom. The quantitative estimate of drug-likeness (QED) is 0.719. The van der Waals surface area contributed by atoms with E-state index >= 15 is 0 Å². The Bertz CT molecular complexity index is 697. The Morgan fingerprint density at radius 1 is 1.14 bits per heavy atom. The SMILES string of the molecule is CC1(C)C=CC=C2C(=O)N(C3CCC(=O)NC3=O)C(=O)C2=C1. The van der Waals surface area contributed by atoms with Gasteiger partial charge in [0.2, 0.25) is 11.8 Å². The second kappa shape index (κ2) is 4.76. The van der Waals surface area contributed by atoms with Gasteiger partial charge in [-0.05, 0) is 12.5 Å². The Balaban J connectivity index is 1.99. The van der Waals surface area contributed by atoms with Crippen LogP contribution in [0.3, 0.4) is 0 Å². The standard InChI is InChI=1S/C16H16N2O4/c1-16(2)7-3-4-9-10(8-16)15(22)18(14(9)21)11-5-6-12(19)17-13(11)20/h3-4,7-8,11H,5-6H2,1-2H3,(H,17,19,20). The number of imide groups is 2. The van der Waals surface area contributed by atoms with E-state index in [0.717, 1.165) is 4.90 Å². The normalized spacial score (nSPS) is 27.2. The van der Waals surface area contributed by atoms with Crippen molar-refractivity contribution in [2.24, 2.45) is 5.41 Å². The van der Waals surface area contributed by atoms with Gasteiger partial charge in [0.05, 0.1) is 5.57 Å². The minimum absolute atomic E-state index is 0.122. The van der Waals surface area contributed by atoms with Crippen LogP contribution < -0.4 is 5.32 Å². The summed E-state index contributed by atoms with van der Waals surface area (Å²) in [4.78, 5) is 49.3. The molecule has 0 radical (unpaired) electrons. The number of allylic oxidation sites excluding steroid dienone is 4. The summed E-state index contributed by atoms with van der Waals surface area (Å²) in [7, 11) is 0. The van der Waals surface area contributed by atoms with E-state index < -0.39 is 23.8 Å². The van der Waals surface area contributed by atoms with Gasteiger partial charge >= 0.3 is 0 Å². The molecule has 1 N–H and O–H groups in total. The van der Waals surface area contributed by atoms with Crippen LogP contribution >= 0.6 is 0 Å². The first kappa shape index (κ1) is 14.4. The summed E-state index contributed by atoms with van der Waals surface area (Å²) in [5.41, 5.74) is 0.269. The monoisotopic (exact) mass is 300 g/mol. The van der Waals surface area contributed by atoms with Gasteiger partial charge in [-0.1, -0.05) is 32.1 Å². The smallest absolute Gasteiger partial charge is 0.262 e. The summed E-state index contributed by atoms with van der Waals surface area (Å²) in [6.07, 6.45) is 7.29. The second-order valence-electron chi connectivity index (χ2n) is 6.27. The number of carbonyl (C=O) groups excluding carboxylic acids is 4. The molecule has 0 aromatic carbocycles. The van der Waals surface area contributed by atoms with E-state index in [4.69, 9.17) is 0 Å². The highest BCUT2D eigenvalue weighted by molar-refractivity contribution is 6.26. The average molecular weight is 300 g/mol. The molecule has 114 valence electrons. The van der Waals surface area contributed by atoms with Crippen molar-refractivity contribution >= 4 is 23.6 Å². The highest BCUT2D eigenvalue weighted by Crippen LogP contribution is 2.35. The van der Waals surface area contributed by atoms with Gasteiger partial charge in [0.25, 0.3) is 11.8 Å². The predicted molar refractivity (Wildman–Crippen MR) is 77.1 cm³/mol. The highest BCUT2D eigenvalue weighted by atomic mass is 16.2. The minimum atomic E-state index is -0.918. The fraction of sp³-hybridized carbons (Fsp3) is 0.375. The maximum Gasteiger partial charge on any atom is 0.262 e. The van der Waals surface area contributed by atoms with Crippen molar-refractivity contribution in [1.29, 1.82) is 0 Å². The van der Waals surface area contributed by atoms with Crippen LogP contribution in [0.4, 0.5) is 0 Å². The zero-order chi connectivity index (χ0) is 16.1. The van der Waals surface area contributed by atoms with E-state index in [1.165, 1.54) is 0 Å². The number of rotatable bonds is 1. The zero-order valence-electron chi connectivity index (χ0n) is 12.4. The molecule has 4 amide bonds. The molecule has 2 heterocycles. The molecule has 1 atom stereocenters. The number of carbonyl (C=O) groups is 4. The first-order chi connectivity index (χ1) is 10.3. The Hall–Kier alpha value is -2.50. The fourth-order valence-electron chi connectivity index (χ4n) is 2.91. The summed E-state index contributed by atoms with van der Waals surface area (Å²) in [5.74, 6) is -1.92. The maximum absolute atomic E-state index is 12.6. The molecule has 2 aliphatic heterocycles. The van der Waals surface area contributed by atoms with Crippen molar-refractivity contribution in [1.82, 2.24) is 10.2 Å². The molecule has 1 aliphatic carbocycles. The molecule has 3 aliphatic rings. The summed E-state index contributed by atoms with van der Waals surface area (Å²) in [6.45, 7) is 3.86. The molecule has 0 spiro atoms. The number of piperidine rings is 1. The van der Waals surface area contributed by atoms with Gasteiger partial charge in [0.15, 0.2) is 0 Å². The van der Waals surface area contributed by atoms with Gasteiger partial charge in [-0.2, -0.15) is 0 Å². The third kappa shape index (κ3) is 2.20. The summed E-state index contributed by atoms with van der Waals surface area (Å²) < 4.78 is 0. The molecular weight excluding hydrogens is 284 g/mol. The molecule has 6 heteroatoms. The third-order valence-electron chi connectivity index (χ3n) is 4.02. The predicted octanol–water partition coefficient (Wildman–Crippen LogP) is 0.609. The molecule has 22 heavy (non-hydrogen) atoms. The largest absolute Gasteiger partial charge is 0.295 e. The molecule has 6 nitrogen and oxygen atoms in total. The number of amides is 4. The Labute approximate surface area is 127 Å². The summed E-state index contributed by atoms with van der Waals surface area (Å²) >= 11 is 0. The fourth-order valence-corrected chi connectivity index (χ4v) is 2.91. The van der Waals surface area contributed by atoms with Crippen LogP contribution in [0.15, 0.2) is 35.5 Å². The van der Waals surface area contributed by atoms with Crippen LogP contribution in [0.5, 0.6) is 0 Å². The summed E-state index contributed by atoms with van der Waals surface area (Å²) in [5, 5.41) is 2.18. The van der Waals surface area contributed by atoms with E-state index in [9.17, 15) is 19.2 Å². The molecule has 0 bridgehead atoms. The van der Waals surface area contributed by atoms with Crippen LogP contribution in [0.2, 0.25) is 0 Å². The molecular formula is C16H16N2O4. The Kier molecular flexibility index (Phi) is 3.12. The Morgan fingerprint density at radius 2 is 1.82 bits per heavy atom. The first-order valence-electron chi connectivity index (χ1n) is 7.14. The lowest BCUT2D eigenvalue weighted by molar-refractivity contribution is -0.149. The van der Waals surface area contributed by atoms with E-state index in [1.807, 2.05) is 19.9 Å². The lowest BCUT2D eigenvalue weighted by atomic mass is 9.90. The van der Waals surface area contributed by atoms with Crippen molar-refractivity contribution in [2.75, 3.05) is 0 Å². The minimum Gasteiger partial charge on any atom is -0.295 e. The lowest BCUT2D eigenvalue weighted by Gasteiger charge is -2.27. The lowest BCUT2D eigenvalue weighted by Crippen LogP contribution is -2.54. The van der Waals surface area contributed by atoms with Crippen LogP contribution in [-0.2, 0) is 19.2 Å². The molecule has 2 saturated heterocycles. The van der Waals surface area contributed by atoms with Crippen molar-refractivity contribution in [2.45, 2.75) is 32.7 Å². The van der Waals surface area contributed by atoms with Crippen LogP contribution in [0, 0.1) is 5.41 Å². The molecule has 0 aromatic rings. The van der Waals surface area contributed by atoms with E-state index in [1.54, 1.807) is 18.2 Å². The zero-order valence-corrected chi connectivity index (χ0v) is 12.4. The molecule has 0 saturated carbocycles. The summed E-state index contributed by atoms with van der Waals surface area (Å²) in [6, 6.07) is -0.918. The maximum atomic E-state index is 12.6. The van der Waals surface area contributed by atoms with Crippen LogP contribution in [0.25, 0.3) is 0 Å². The topological polar surface area (TPSA) is 83.6 Å². The number of fused-ring (bicyclic) bond motifs is 1. The average Bonchev–Trinajstić information content (AvgIpc) is 2.58. The van der Waals surface area contributed by atoms with E-state index in [-0.39, 0.29) is 24.2 Å². The highest BCUT2D eigenvalue weighted by Gasteiger charge is 2.47. The van der Waals surface area contributed by atoms with Crippen LogP contribution in [-0.4, -0.2) is 34.6 Å². The van der Waals surface area contributed by atoms with Gasteiger partial charge in [0.1, 0.15) is 6.04 Å². The van der Waals surface area contributed by atoms with Crippen molar-refractivity contribution in [3.63, 3.8) is 0 Å². The van der Waals surface area contributed by atoms with Crippen molar-refractivity contribution in [3.8, 4) is 0 Å². The van der Waals surface area contributed by atoms with E-state index in [2.05, 4.69) is 5.32 Å². The number of nitrogens with zero attached hydrogens (tertiary/aromatic N) is 1. The van der Waals surface area contributed by atoms with Gasteiger partial charge in [-0.25, -0.2) is 0 Å². The number of nitrogens with one attached hydrogen (secondary N) is 1. The van der Waals surface area contributed by atoms with Gasteiger partial charge in [-0.3, -0.25) is 29.4 Å². The van der Waals surface area contributed by atoms with Crippen LogP contribution in [0.1, 0.15) is 26.7 Å². The molecule has 2 fully saturated rings. The molecule has 0 aromatic heterocycles.